The summed E-state index contributed by atoms with van der Waals surface area (Å²) < 4.78 is 0. The summed E-state index contributed by atoms with van der Waals surface area (Å²) in [4.78, 5) is 0. The van der Waals surface area contributed by atoms with Gasteiger partial charge in [-0.2, -0.15) is 0 Å². The average Bonchev–Trinajstić information content (AvgIpc) is 2.28. The van der Waals surface area contributed by atoms with E-state index in [1.165, 1.54) is 5.56 Å². The van der Waals surface area contributed by atoms with Crippen molar-refractivity contribution in [3.05, 3.63) is 34.3 Å². The fraction of sp³-hybridized carbons (Fsp3) is 0.538. The Hall–Kier alpha value is -0.570. The van der Waals surface area contributed by atoms with Crippen LogP contribution in [0.1, 0.15) is 30.4 Å². The summed E-state index contributed by atoms with van der Waals surface area (Å²) in [7, 11) is 1.91. The molecule has 1 aromatic rings. The van der Waals surface area contributed by atoms with Gasteiger partial charge < -0.3 is 10.4 Å². The first-order chi connectivity index (χ1) is 7.65. The molecule has 2 N–H and O–H groups in total. The largest absolute Gasteiger partial charge is 0.385 e. The Kier molecular flexibility index (Phi) is 3.53. The number of nitrogens with one attached hydrogen (secondary N) is 1. The fourth-order valence-corrected chi connectivity index (χ4v) is 2.67. The Morgan fingerprint density at radius 3 is 3.06 bits per heavy atom. The minimum Gasteiger partial charge on any atom is -0.385 e. The van der Waals surface area contributed by atoms with Crippen LogP contribution in [0, 0.1) is 0 Å². The van der Waals surface area contributed by atoms with Crippen LogP contribution in [-0.2, 0) is 12.0 Å². The van der Waals surface area contributed by atoms with Crippen molar-refractivity contribution in [3.63, 3.8) is 0 Å². The molecule has 0 saturated carbocycles. The minimum atomic E-state index is -0.693. The van der Waals surface area contributed by atoms with Gasteiger partial charge in [-0.05, 0) is 62.5 Å². The average molecular weight is 240 g/mol. The third-order valence-electron chi connectivity index (χ3n) is 3.40. The molecule has 3 heteroatoms. The lowest BCUT2D eigenvalue weighted by Gasteiger charge is -2.34. The molecule has 0 bridgehead atoms. The van der Waals surface area contributed by atoms with Gasteiger partial charge in [-0.25, -0.2) is 0 Å². The molecule has 16 heavy (non-hydrogen) atoms. The molecule has 1 aromatic carbocycles. The highest BCUT2D eigenvalue weighted by atomic mass is 35.5. The quantitative estimate of drug-likeness (QED) is 0.850. The molecule has 1 unspecified atom stereocenters. The van der Waals surface area contributed by atoms with E-state index in [1.54, 1.807) is 0 Å². The molecule has 0 aliphatic heterocycles. The first-order valence-electron chi connectivity index (χ1n) is 5.81. The molecule has 88 valence electrons. The van der Waals surface area contributed by atoms with Gasteiger partial charge >= 0.3 is 0 Å². The van der Waals surface area contributed by atoms with E-state index >= 15 is 0 Å². The fourth-order valence-electron chi connectivity index (χ4n) is 2.50. The van der Waals surface area contributed by atoms with Crippen molar-refractivity contribution in [1.82, 2.24) is 5.32 Å². The zero-order valence-corrected chi connectivity index (χ0v) is 10.3. The summed E-state index contributed by atoms with van der Waals surface area (Å²) in [5, 5.41) is 14.5. The predicted octanol–water partition coefficient (Wildman–Crippen LogP) is 2.47. The van der Waals surface area contributed by atoms with Gasteiger partial charge in [-0.3, -0.25) is 0 Å². The van der Waals surface area contributed by atoms with E-state index in [4.69, 9.17) is 11.6 Å². The SMILES string of the molecule is CNCCC1(O)CCCc2ccc(Cl)cc21. The van der Waals surface area contributed by atoms with E-state index in [0.29, 0.717) is 5.02 Å². The number of hydrogen-bond acceptors (Lipinski definition) is 2. The van der Waals surface area contributed by atoms with E-state index < -0.39 is 5.60 Å². The Balaban J connectivity index is 2.33. The highest BCUT2D eigenvalue weighted by Gasteiger charge is 2.33. The van der Waals surface area contributed by atoms with Gasteiger partial charge in [0.1, 0.15) is 0 Å². The summed E-state index contributed by atoms with van der Waals surface area (Å²) in [6.45, 7) is 0.822. The lowest BCUT2D eigenvalue weighted by atomic mass is 9.77. The summed E-state index contributed by atoms with van der Waals surface area (Å²) in [5.74, 6) is 0. The second kappa shape index (κ2) is 4.74. The van der Waals surface area contributed by atoms with Crippen LogP contribution >= 0.6 is 11.6 Å². The van der Waals surface area contributed by atoms with Crippen LogP contribution in [0.5, 0.6) is 0 Å². The normalized spacial score (nSPS) is 24.2. The van der Waals surface area contributed by atoms with Crippen LogP contribution < -0.4 is 5.32 Å². The van der Waals surface area contributed by atoms with E-state index in [-0.39, 0.29) is 0 Å². The standard InChI is InChI=1S/C13H18ClNO/c1-15-8-7-13(16)6-2-3-10-4-5-11(14)9-12(10)13/h4-5,9,15-16H,2-3,6-8H2,1H3. The molecular formula is C13H18ClNO. The molecule has 0 heterocycles. The molecule has 0 saturated heterocycles. The molecule has 2 nitrogen and oxygen atoms in total. The number of benzene rings is 1. The van der Waals surface area contributed by atoms with Crippen molar-refractivity contribution >= 4 is 11.6 Å². The van der Waals surface area contributed by atoms with Crippen molar-refractivity contribution in [2.45, 2.75) is 31.3 Å². The van der Waals surface area contributed by atoms with E-state index in [1.807, 2.05) is 25.2 Å². The molecule has 2 rings (SSSR count). The molecule has 0 radical (unpaired) electrons. The molecular weight excluding hydrogens is 222 g/mol. The van der Waals surface area contributed by atoms with Crippen LogP contribution in [0.25, 0.3) is 0 Å². The van der Waals surface area contributed by atoms with Gasteiger partial charge in [0.25, 0.3) is 0 Å². The van der Waals surface area contributed by atoms with Crippen LogP contribution in [0.2, 0.25) is 5.02 Å². The number of hydrogen-bond donors (Lipinski definition) is 2. The molecule has 1 aliphatic rings. The Labute approximate surface area is 102 Å². The maximum Gasteiger partial charge on any atom is 0.0911 e. The first kappa shape index (κ1) is 11.9. The summed E-state index contributed by atoms with van der Waals surface area (Å²) in [6.07, 6.45) is 3.68. The number of rotatable bonds is 3. The maximum atomic E-state index is 10.7. The number of halogens is 1. The molecule has 1 atom stereocenters. The number of fused-ring (bicyclic) bond motifs is 1. The lowest BCUT2D eigenvalue weighted by Crippen LogP contribution is -2.33. The maximum absolute atomic E-state index is 10.7. The highest BCUT2D eigenvalue weighted by Crippen LogP contribution is 2.38. The minimum absolute atomic E-state index is 0.693. The van der Waals surface area contributed by atoms with E-state index in [9.17, 15) is 5.11 Å². The van der Waals surface area contributed by atoms with Gasteiger partial charge in [-0.1, -0.05) is 17.7 Å². The molecule has 1 aliphatic carbocycles. The van der Waals surface area contributed by atoms with Crippen molar-refractivity contribution in [2.75, 3.05) is 13.6 Å². The molecule has 0 amide bonds. The van der Waals surface area contributed by atoms with Crippen molar-refractivity contribution in [1.29, 1.82) is 0 Å². The molecule has 0 fully saturated rings. The van der Waals surface area contributed by atoms with Crippen LogP contribution in [0.4, 0.5) is 0 Å². The Morgan fingerprint density at radius 1 is 1.50 bits per heavy atom. The monoisotopic (exact) mass is 239 g/mol. The zero-order chi connectivity index (χ0) is 11.6. The Morgan fingerprint density at radius 2 is 2.31 bits per heavy atom. The number of aryl methyl sites for hydroxylation is 1. The van der Waals surface area contributed by atoms with Gasteiger partial charge in [0.05, 0.1) is 5.60 Å². The lowest BCUT2D eigenvalue weighted by molar-refractivity contribution is 0.0109. The molecule has 0 aromatic heterocycles. The van der Waals surface area contributed by atoms with Crippen LogP contribution in [-0.4, -0.2) is 18.7 Å². The number of aliphatic hydroxyl groups is 1. The van der Waals surface area contributed by atoms with Gasteiger partial charge in [0.2, 0.25) is 0 Å². The van der Waals surface area contributed by atoms with Gasteiger partial charge in [0.15, 0.2) is 0 Å². The molecule has 0 spiro atoms. The van der Waals surface area contributed by atoms with E-state index in [2.05, 4.69) is 5.32 Å². The zero-order valence-electron chi connectivity index (χ0n) is 9.59. The highest BCUT2D eigenvalue weighted by molar-refractivity contribution is 6.30. The van der Waals surface area contributed by atoms with Crippen molar-refractivity contribution in [3.8, 4) is 0 Å². The van der Waals surface area contributed by atoms with E-state index in [0.717, 1.165) is 37.8 Å². The summed E-state index contributed by atoms with van der Waals surface area (Å²) in [6, 6.07) is 5.87. The summed E-state index contributed by atoms with van der Waals surface area (Å²) in [5.41, 5.74) is 1.58. The smallest absolute Gasteiger partial charge is 0.0911 e. The van der Waals surface area contributed by atoms with Gasteiger partial charge in [-0.15, -0.1) is 0 Å². The van der Waals surface area contributed by atoms with Crippen LogP contribution in [0.3, 0.4) is 0 Å². The summed E-state index contributed by atoms with van der Waals surface area (Å²) >= 11 is 6.01. The third kappa shape index (κ3) is 2.24. The van der Waals surface area contributed by atoms with Crippen molar-refractivity contribution in [2.24, 2.45) is 0 Å². The van der Waals surface area contributed by atoms with Gasteiger partial charge in [0, 0.05) is 5.02 Å². The third-order valence-corrected chi connectivity index (χ3v) is 3.63. The Bertz CT molecular complexity index is 380. The second-order valence-electron chi connectivity index (χ2n) is 4.54. The predicted molar refractivity (Wildman–Crippen MR) is 66.8 cm³/mol. The first-order valence-corrected chi connectivity index (χ1v) is 6.19. The topological polar surface area (TPSA) is 32.3 Å². The van der Waals surface area contributed by atoms with Crippen LogP contribution in [0.15, 0.2) is 18.2 Å². The second-order valence-corrected chi connectivity index (χ2v) is 4.98. The van der Waals surface area contributed by atoms with Crippen molar-refractivity contribution < 1.29 is 5.11 Å².